The van der Waals surface area contributed by atoms with E-state index < -0.39 is 10.0 Å². The van der Waals surface area contributed by atoms with E-state index in [1.165, 1.54) is 12.1 Å². The number of anilines is 1. The maximum absolute atomic E-state index is 12.6. The number of nitrogens with one attached hydrogen (secondary N) is 1. The molecule has 3 aromatic rings. The SMILES string of the molecule is CCOc1ccc(NS(=O)(=O)c2ccc3c(Cl)cc(I)c(O)c3n2)cc1. The zero-order valence-electron chi connectivity index (χ0n) is 13.5. The van der Waals surface area contributed by atoms with Crippen LogP contribution in [0.25, 0.3) is 10.9 Å². The van der Waals surface area contributed by atoms with Crippen LogP contribution in [-0.4, -0.2) is 25.1 Å². The van der Waals surface area contributed by atoms with E-state index in [2.05, 4.69) is 9.71 Å². The highest BCUT2D eigenvalue weighted by Gasteiger charge is 2.19. The van der Waals surface area contributed by atoms with Gasteiger partial charge < -0.3 is 9.84 Å². The number of benzene rings is 2. The van der Waals surface area contributed by atoms with Gasteiger partial charge in [0.1, 0.15) is 11.3 Å². The van der Waals surface area contributed by atoms with Crippen LogP contribution in [0.5, 0.6) is 11.5 Å². The molecule has 1 aromatic heterocycles. The molecule has 0 atom stereocenters. The molecule has 0 bridgehead atoms. The van der Waals surface area contributed by atoms with Crippen LogP contribution in [0.4, 0.5) is 5.69 Å². The van der Waals surface area contributed by atoms with Gasteiger partial charge >= 0.3 is 0 Å². The van der Waals surface area contributed by atoms with Crippen molar-refractivity contribution < 1.29 is 18.3 Å². The van der Waals surface area contributed by atoms with Crippen molar-refractivity contribution in [2.75, 3.05) is 11.3 Å². The third-order valence-corrected chi connectivity index (χ3v) is 5.94. The van der Waals surface area contributed by atoms with Gasteiger partial charge in [0.25, 0.3) is 10.0 Å². The number of halogens is 2. The van der Waals surface area contributed by atoms with E-state index in [4.69, 9.17) is 16.3 Å². The first-order valence-corrected chi connectivity index (χ1v) is 10.5. The number of aromatic hydroxyl groups is 1. The molecule has 0 saturated heterocycles. The molecule has 3 rings (SSSR count). The van der Waals surface area contributed by atoms with Gasteiger partial charge in [0.2, 0.25) is 0 Å². The summed E-state index contributed by atoms with van der Waals surface area (Å²) in [5.74, 6) is 0.538. The molecule has 2 N–H and O–H groups in total. The summed E-state index contributed by atoms with van der Waals surface area (Å²) in [6.07, 6.45) is 0. The van der Waals surface area contributed by atoms with Crippen molar-refractivity contribution in [2.24, 2.45) is 0 Å². The number of phenolic OH excluding ortho intramolecular Hbond substituents is 1. The van der Waals surface area contributed by atoms with Crippen LogP contribution in [0, 0.1) is 3.57 Å². The zero-order valence-corrected chi connectivity index (χ0v) is 17.3. The lowest BCUT2D eigenvalue weighted by Gasteiger charge is -2.10. The highest BCUT2D eigenvalue weighted by molar-refractivity contribution is 14.1. The number of hydrogen-bond donors (Lipinski definition) is 2. The Bertz CT molecular complexity index is 1070. The van der Waals surface area contributed by atoms with Gasteiger partial charge in [-0.05, 0) is 72.0 Å². The van der Waals surface area contributed by atoms with Crippen molar-refractivity contribution in [3.63, 3.8) is 0 Å². The highest BCUT2D eigenvalue weighted by atomic mass is 127. The molecular weight excluding hydrogens is 491 g/mol. The van der Waals surface area contributed by atoms with Crippen molar-refractivity contribution in [1.29, 1.82) is 0 Å². The molecule has 26 heavy (non-hydrogen) atoms. The molecule has 2 aromatic carbocycles. The maximum atomic E-state index is 12.6. The van der Waals surface area contributed by atoms with E-state index >= 15 is 0 Å². The zero-order chi connectivity index (χ0) is 18.9. The molecule has 9 heteroatoms. The Morgan fingerprint density at radius 2 is 1.92 bits per heavy atom. The minimum Gasteiger partial charge on any atom is -0.505 e. The molecule has 0 fully saturated rings. The van der Waals surface area contributed by atoms with Gasteiger partial charge in [-0.1, -0.05) is 11.6 Å². The van der Waals surface area contributed by atoms with Gasteiger partial charge in [-0.15, -0.1) is 0 Å². The molecule has 6 nitrogen and oxygen atoms in total. The smallest absolute Gasteiger partial charge is 0.279 e. The first-order valence-electron chi connectivity index (χ1n) is 7.55. The molecule has 136 valence electrons. The third-order valence-electron chi connectivity index (χ3n) is 3.52. The predicted molar refractivity (Wildman–Crippen MR) is 110 cm³/mol. The molecular formula is C17H14ClIN2O4S. The predicted octanol–water partition coefficient (Wildman–Crippen LogP) is 4.40. The molecule has 1 heterocycles. The second kappa shape index (κ2) is 7.45. The minimum absolute atomic E-state index is 0.108. The fourth-order valence-corrected chi connectivity index (χ4v) is 4.35. The summed E-state index contributed by atoms with van der Waals surface area (Å²) in [5, 5.41) is 10.8. The molecule has 0 unspecified atom stereocenters. The molecule has 0 aliphatic heterocycles. The molecule has 0 saturated carbocycles. The summed E-state index contributed by atoms with van der Waals surface area (Å²) in [7, 11) is -3.93. The lowest BCUT2D eigenvalue weighted by molar-refractivity contribution is 0.340. The number of fused-ring (bicyclic) bond motifs is 1. The first-order chi connectivity index (χ1) is 12.3. The topological polar surface area (TPSA) is 88.5 Å². The van der Waals surface area contributed by atoms with Crippen molar-refractivity contribution >= 4 is 60.8 Å². The summed E-state index contributed by atoms with van der Waals surface area (Å²) in [6.45, 7) is 2.39. The number of nitrogens with zero attached hydrogens (tertiary/aromatic N) is 1. The normalized spacial score (nSPS) is 11.5. The number of phenols is 1. The van der Waals surface area contributed by atoms with Gasteiger partial charge in [0.15, 0.2) is 10.8 Å². The second-order valence-electron chi connectivity index (χ2n) is 5.30. The Kier molecular flexibility index (Phi) is 5.44. The standard InChI is InChI=1S/C17H14ClIN2O4S/c1-2-25-11-5-3-10(4-6-11)21-26(23,24)15-8-7-12-13(18)9-14(19)17(22)16(12)20-15/h3-9,21-22H,2H2,1H3. The average molecular weight is 505 g/mol. The van der Waals surface area contributed by atoms with Crippen LogP contribution in [0.2, 0.25) is 5.02 Å². The number of hydrogen-bond acceptors (Lipinski definition) is 5. The van der Waals surface area contributed by atoms with Gasteiger partial charge in [-0.2, -0.15) is 8.42 Å². The molecule has 0 aliphatic carbocycles. The Labute approximate surface area is 169 Å². The monoisotopic (exact) mass is 504 g/mol. The molecule has 0 amide bonds. The van der Waals surface area contributed by atoms with E-state index in [0.29, 0.717) is 32.0 Å². The average Bonchev–Trinajstić information content (AvgIpc) is 2.61. The number of pyridine rings is 1. The fraction of sp³-hybridized carbons (Fsp3) is 0.118. The van der Waals surface area contributed by atoms with Crippen LogP contribution in [0.1, 0.15) is 6.92 Å². The van der Waals surface area contributed by atoms with E-state index in [0.717, 1.165) is 0 Å². The van der Waals surface area contributed by atoms with Crippen molar-refractivity contribution in [3.8, 4) is 11.5 Å². The van der Waals surface area contributed by atoms with Crippen molar-refractivity contribution in [1.82, 2.24) is 4.98 Å². The van der Waals surface area contributed by atoms with Crippen LogP contribution in [0.15, 0.2) is 47.5 Å². The molecule has 0 radical (unpaired) electrons. The summed E-state index contributed by atoms with van der Waals surface area (Å²) in [5.41, 5.74) is 0.511. The van der Waals surface area contributed by atoms with Crippen molar-refractivity contribution in [2.45, 2.75) is 11.9 Å². The van der Waals surface area contributed by atoms with E-state index in [1.54, 1.807) is 30.3 Å². The summed E-state index contributed by atoms with van der Waals surface area (Å²) in [4.78, 5) is 4.10. The molecule has 0 spiro atoms. The third kappa shape index (κ3) is 3.81. The highest BCUT2D eigenvalue weighted by Crippen LogP contribution is 2.34. The Hall–Kier alpha value is -1.78. The Morgan fingerprint density at radius 1 is 1.23 bits per heavy atom. The van der Waals surface area contributed by atoms with Crippen LogP contribution in [-0.2, 0) is 10.0 Å². The number of rotatable bonds is 5. The second-order valence-corrected chi connectivity index (χ2v) is 8.50. The summed E-state index contributed by atoms with van der Waals surface area (Å²) < 4.78 is 33.5. The van der Waals surface area contributed by atoms with Gasteiger partial charge in [-0.25, -0.2) is 4.98 Å². The Morgan fingerprint density at radius 3 is 2.58 bits per heavy atom. The van der Waals surface area contributed by atoms with Crippen LogP contribution < -0.4 is 9.46 Å². The van der Waals surface area contributed by atoms with Crippen LogP contribution in [0.3, 0.4) is 0 Å². The van der Waals surface area contributed by atoms with E-state index in [9.17, 15) is 13.5 Å². The van der Waals surface area contributed by atoms with Crippen molar-refractivity contribution in [3.05, 3.63) is 51.1 Å². The lowest BCUT2D eigenvalue weighted by atomic mass is 10.2. The summed E-state index contributed by atoms with van der Waals surface area (Å²) in [6, 6.07) is 11.0. The fourth-order valence-electron chi connectivity index (χ4n) is 2.33. The van der Waals surface area contributed by atoms with Gasteiger partial charge in [0, 0.05) is 11.1 Å². The first kappa shape index (κ1) is 19.0. The number of ether oxygens (including phenoxy) is 1. The van der Waals surface area contributed by atoms with E-state index in [1.807, 2.05) is 29.5 Å². The van der Waals surface area contributed by atoms with Gasteiger partial charge in [-0.3, -0.25) is 4.72 Å². The van der Waals surface area contributed by atoms with Crippen LogP contribution >= 0.6 is 34.2 Å². The largest absolute Gasteiger partial charge is 0.505 e. The van der Waals surface area contributed by atoms with Gasteiger partial charge in [0.05, 0.1) is 15.2 Å². The Balaban J connectivity index is 1.97. The lowest BCUT2D eigenvalue weighted by Crippen LogP contribution is -2.14. The quantitative estimate of drug-likeness (QED) is 0.503. The number of sulfonamides is 1. The maximum Gasteiger partial charge on any atom is 0.279 e. The molecule has 0 aliphatic rings. The minimum atomic E-state index is -3.93. The van der Waals surface area contributed by atoms with E-state index in [-0.39, 0.29) is 16.3 Å². The number of aromatic nitrogens is 1. The summed E-state index contributed by atoms with van der Waals surface area (Å²) >= 11 is 8.05.